The fraction of sp³-hybridized carbons (Fsp3) is 0.625. The number of sulfonamides is 1. The van der Waals surface area contributed by atoms with E-state index in [1.807, 2.05) is 6.92 Å². The third kappa shape index (κ3) is 2.77. The molecule has 0 fully saturated rings. The van der Waals surface area contributed by atoms with Crippen LogP contribution in [0, 0.1) is 0 Å². The highest BCUT2D eigenvalue weighted by molar-refractivity contribution is 7.89. The Morgan fingerprint density at radius 2 is 2.33 bits per heavy atom. The topological polar surface area (TPSA) is 90.0 Å². The number of nitrogens with zero attached hydrogens (tertiary/aromatic N) is 2. The molecule has 0 saturated carbocycles. The smallest absolute Gasteiger partial charge is 0.258 e. The van der Waals surface area contributed by atoms with Crippen LogP contribution in [0.3, 0.4) is 0 Å². The van der Waals surface area contributed by atoms with Crippen molar-refractivity contribution in [2.45, 2.75) is 31.5 Å². The first-order chi connectivity index (χ1) is 7.01. The van der Waals surface area contributed by atoms with Gasteiger partial charge < -0.3 is 10.3 Å². The number of hydrogen-bond donors (Lipinski definition) is 2. The van der Waals surface area contributed by atoms with E-state index in [-0.39, 0.29) is 17.6 Å². The van der Waals surface area contributed by atoms with Gasteiger partial charge in [0.1, 0.15) is 0 Å². The quantitative estimate of drug-likeness (QED) is 0.718. The first kappa shape index (κ1) is 12.2. The summed E-state index contributed by atoms with van der Waals surface area (Å²) in [5.41, 5.74) is 5.35. The zero-order valence-electron chi connectivity index (χ0n) is 8.84. The molecule has 86 valence electrons. The van der Waals surface area contributed by atoms with E-state index in [2.05, 4.69) is 9.71 Å². The molecular weight excluding hydrogens is 216 g/mol. The molecule has 0 spiro atoms. The summed E-state index contributed by atoms with van der Waals surface area (Å²) in [5.74, 6) is 0. The summed E-state index contributed by atoms with van der Waals surface area (Å²) in [7, 11) is -3.50. The minimum Gasteiger partial charge on any atom is -0.329 e. The lowest BCUT2D eigenvalue weighted by atomic mass is 10.4. The van der Waals surface area contributed by atoms with Crippen molar-refractivity contribution in [3.8, 4) is 0 Å². The molecule has 0 amide bonds. The molecule has 0 bridgehead atoms. The number of aryl methyl sites for hydroxylation is 1. The van der Waals surface area contributed by atoms with Crippen molar-refractivity contribution in [2.24, 2.45) is 5.73 Å². The van der Waals surface area contributed by atoms with Crippen molar-refractivity contribution < 1.29 is 8.42 Å². The lowest BCUT2D eigenvalue weighted by molar-refractivity contribution is 0.547. The zero-order chi connectivity index (χ0) is 11.5. The average Bonchev–Trinajstić information content (AvgIpc) is 2.65. The molecule has 0 aliphatic heterocycles. The Labute approximate surface area is 89.5 Å². The van der Waals surface area contributed by atoms with E-state index < -0.39 is 10.0 Å². The molecule has 1 heterocycles. The Morgan fingerprint density at radius 1 is 1.67 bits per heavy atom. The third-order valence-electron chi connectivity index (χ3n) is 2.00. The molecule has 0 radical (unpaired) electrons. The molecule has 0 aliphatic rings. The predicted molar refractivity (Wildman–Crippen MR) is 56.7 cm³/mol. The minimum atomic E-state index is -3.50. The maximum atomic E-state index is 11.8. The average molecular weight is 232 g/mol. The van der Waals surface area contributed by atoms with Gasteiger partial charge in [0.15, 0.2) is 5.03 Å². The lowest BCUT2D eigenvalue weighted by Gasteiger charge is -2.12. The summed E-state index contributed by atoms with van der Waals surface area (Å²) in [5, 5.41) is 0.172. The molecule has 1 aromatic rings. The van der Waals surface area contributed by atoms with Crippen LogP contribution < -0.4 is 10.5 Å². The first-order valence-electron chi connectivity index (χ1n) is 4.73. The summed E-state index contributed by atoms with van der Waals surface area (Å²) >= 11 is 0. The van der Waals surface area contributed by atoms with Crippen molar-refractivity contribution in [1.29, 1.82) is 0 Å². The van der Waals surface area contributed by atoms with Crippen molar-refractivity contribution >= 4 is 10.0 Å². The van der Waals surface area contributed by atoms with Crippen molar-refractivity contribution in [3.63, 3.8) is 0 Å². The molecule has 1 rings (SSSR count). The van der Waals surface area contributed by atoms with Gasteiger partial charge >= 0.3 is 0 Å². The van der Waals surface area contributed by atoms with Crippen LogP contribution >= 0.6 is 0 Å². The van der Waals surface area contributed by atoms with Crippen LogP contribution in [0.25, 0.3) is 0 Å². The molecule has 6 nitrogen and oxygen atoms in total. The standard InChI is InChI=1S/C8H16N4O2S/c1-3-12-6-10-5-8(12)15(13,14)11-7(2)4-9/h5-7,11H,3-4,9H2,1-2H3/t7-/m0/s1. The number of hydrogen-bond acceptors (Lipinski definition) is 4. The molecule has 7 heteroatoms. The van der Waals surface area contributed by atoms with Crippen LogP contribution in [0.1, 0.15) is 13.8 Å². The van der Waals surface area contributed by atoms with Gasteiger partial charge in [-0.1, -0.05) is 0 Å². The maximum Gasteiger partial charge on any atom is 0.258 e. The summed E-state index contributed by atoms with van der Waals surface area (Å²) in [6.45, 7) is 4.39. The van der Waals surface area contributed by atoms with Gasteiger partial charge in [-0.25, -0.2) is 18.1 Å². The molecular formula is C8H16N4O2S. The maximum absolute atomic E-state index is 11.8. The fourth-order valence-electron chi connectivity index (χ4n) is 1.14. The van der Waals surface area contributed by atoms with Crippen LogP contribution in [0.2, 0.25) is 0 Å². The summed E-state index contributed by atoms with van der Waals surface area (Å²) in [6.07, 6.45) is 2.82. The number of imidazole rings is 1. The van der Waals surface area contributed by atoms with E-state index in [4.69, 9.17) is 5.73 Å². The second-order valence-electron chi connectivity index (χ2n) is 3.28. The molecule has 0 saturated heterocycles. The van der Waals surface area contributed by atoms with Gasteiger partial charge in [0.25, 0.3) is 10.0 Å². The van der Waals surface area contributed by atoms with E-state index >= 15 is 0 Å². The van der Waals surface area contributed by atoms with Crippen molar-refractivity contribution in [1.82, 2.24) is 14.3 Å². The normalized spacial score (nSPS) is 14.1. The number of nitrogens with one attached hydrogen (secondary N) is 1. The molecule has 0 aromatic carbocycles. The lowest BCUT2D eigenvalue weighted by Crippen LogP contribution is -2.38. The molecule has 0 unspecified atom stereocenters. The number of aromatic nitrogens is 2. The van der Waals surface area contributed by atoms with E-state index in [1.54, 1.807) is 11.5 Å². The predicted octanol–water partition coefficient (Wildman–Crippen LogP) is -0.471. The van der Waals surface area contributed by atoms with Crippen molar-refractivity contribution in [2.75, 3.05) is 6.54 Å². The minimum absolute atomic E-state index is 0.172. The van der Waals surface area contributed by atoms with E-state index in [9.17, 15) is 8.42 Å². The van der Waals surface area contributed by atoms with Gasteiger partial charge in [-0.05, 0) is 13.8 Å². The number of rotatable bonds is 5. The highest BCUT2D eigenvalue weighted by Crippen LogP contribution is 2.08. The van der Waals surface area contributed by atoms with Gasteiger partial charge in [0.2, 0.25) is 0 Å². The van der Waals surface area contributed by atoms with Crippen LogP contribution in [-0.4, -0.2) is 30.6 Å². The van der Waals surface area contributed by atoms with Crippen molar-refractivity contribution in [3.05, 3.63) is 12.5 Å². The Balaban J connectivity index is 2.96. The summed E-state index contributed by atoms with van der Waals surface area (Å²) < 4.78 is 27.7. The van der Waals surface area contributed by atoms with Crippen LogP contribution in [-0.2, 0) is 16.6 Å². The Kier molecular flexibility index (Phi) is 3.83. The molecule has 3 N–H and O–H groups in total. The summed E-state index contributed by atoms with van der Waals surface area (Å²) in [4.78, 5) is 3.80. The third-order valence-corrected chi connectivity index (χ3v) is 3.60. The molecule has 0 aliphatic carbocycles. The highest BCUT2D eigenvalue weighted by atomic mass is 32.2. The highest BCUT2D eigenvalue weighted by Gasteiger charge is 2.20. The summed E-state index contributed by atoms with van der Waals surface area (Å²) in [6, 6.07) is -0.282. The Morgan fingerprint density at radius 3 is 2.87 bits per heavy atom. The van der Waals surface area contributed by atoms with Gasteiger partial charge in [-0.2, -0.15) is 0 Å². The van der Waals surface area contributed by atoms with E-state index in [0.717, 1.165) is 0 Å². The van der Waals surface area contributed by atoms with Crippen LogP contribution in [0.5, 0.6) is 0 Å². The second kappa shape index (κ2) is 4.73. The molecule has 15 heavy (non-hydrogen) atoms. The molecule has 1 atom stereocenters. The monoisotopic (exact) mass is 232 g/mol. The van der Waals surface area contributed by atoms with E-state index in [1.165, 1.54) is 12.5 Å². The van der Waals surface area contributed by atoms with Gasteiger partial charge in [0, 0.05) is 19.1 Å². The zero-order valence-corrected chi connectivity index (χ0v) is 9.66. The van der Waals surface area contributed by atoms with Gasteiger partial charge in [0.05, 0.1) is 12.5 Å². The number of nitrogens with two attached hydrogens (primary N) is 1. The Bertz CT molecular complexity index is 412. The fourth-order valence-corrected chi connectivity index (χ4v) is 2.57. The van der Waals surface area contributed by atoms with Gasteiger partial charge in [-0.3, -0.25) is 0 Å². The first-order valence-corrected chi connectivity index (χ1v) is 6.22. The van der Waals surface area contributed by atoms with Gasteiger partial charge in [-0.15, -0.1) is 0 Å². The second-order valence-corrected chi connectivity index (χ2v) is 4.94. The Hall–Kier alpha value is -0.920. The van der Waals surface area contributed by atoms with Crippen LogP contribution in [0.15, 0.2) is 17.6 Å². The largest absolute Gasteiger partial charge is 0.329 e. The molecule has 1 aromatic heterocycles. The van der Waals surface area contributed by atoms with E-state index in [0.29, 0.717) is 6.54 Å². The SMILES string of the molecule is CCn1cncc1S(=O)(=O)N[C@@H](C)CN. The van der Waals surface area contributed by atoms with Crippen LogP contribution in [0.4, 0.5) is 0 Å².